The standard InChI is InChI=1S/C9H6F3NO4/c10-9(11,12)8-5(4-7(14)15)2-1-3-6(8)13(16)17/h1-3H,4H2,(H,14,15). The monoisotopic (exact) mass is 249 g/mol. The first kappa shape index (κ1) is 12.9. The van der Waals surface area contributed by atoms with Gasteiger partial charge in [0.2, 0.25) is 0 Å². The maximum Gasteiger partial charge on any atom is 0.423 e. The molecule has 0 aromatic heterocycles. The Hall–Kier alpha value is -2.12. The van der Waals surface area contributed by atoms with Gasteiger partial charge in [0.25, 0.3) is 5.69 Å². The maximum atomic E-state index is 12.6. The van der Waals surface area contributed by atoms with E-state index < -0.39 is 40.3 Å². The first-order valence-electron chi connectivity index (χ1n) is 4.28. The van der Waals surface area contributed by atoms with Crippen molar-refractivity contribution in [3.05, 3.63) is 39.4 Å². The van der Waals surface area contributed by atoms with Crippen LogP contribution in [-0.2, 0) is 17.4 Å². The number of hydrogen-bond donors (Lipinski definition) is 1. The highest BCUT2D eigenvalue weighted by Crippen LogP contribution is 2.38. The minimum absolute atomic E-state index is 0.626. The Balaban J connectivity index is 3.45. The lowest BCUT2D eigenvalue weighted by atomic mass is 10.0. The zero-order valence-corrected chi connectivity index (χ0v) is 8.19. The Labute approximate surface area is 92.6 Å². The third-order valence-corrected chi connectivity index (χ3v) is 1.95. The zero-order chi connectivity index (χ0) is 13.2. The van der Waals surface area contributed by atoms with Crippen LogP contribution in [0.3, 0.4) is 0 Å². The summed E-state index contributed by atoms with van der Waals surface area (Å²) in [5, 5.41) is 18.9. The third-order valence-electron chi connectivity index (χ3n) is 1.95. The number of carboxylic acid groups (broad SMARTS) is 1. The Kier molecular flexibility index (Phi) is 3.35. The summed E-state index contributed by atoms with van der Waals surface area (Å²) in [7, 11) is 0. The van der Waals surface area contributed by atoms with Gasteiger partial charge in [-0.15, -0.1) is 0 Å². The van der Waals surface area contributed by atoms with Crippen LogP contribution in [0.25, 0.3) is 0 Å². The molecule has 0 heterocycles. The van der Waals surface area contributed by atoms with Gasteiger partial charge in [-0.1, -0.05) is 12.1 Å². The van der Waals surface area contributed by atoms with E-state index in [0.717, 1.165) is 12.1 Å². The van der Waals surface area contributed by atoms with Crippen LogP contribution in [-0.4, -0.2) is 16.0 Å². The molecular weight excluding hydrogens is 243 g/mol. The van der Waals surface area contributed by atoms with Gasteiger partial charge in [-0.05, 0) is 5.56 Å². The normalized spacial score (nSPS) is 11.2. The SMILES string of the molecule is O=C(O)Cc1cccc([N+](=O)[O-])c1C(F)(F)F. The number of nitrogens with zero attached hydrogens (tertiary/aromatic N) is 1. The lowest BCUT2D eigenvalue weighted by Crippen LogP contribution is -2.14. The van der Waals surface area contributed by atoms with Crippen LogP contribution in [0.5, 0.6) is 0 Å². The summed E-state index contributed by atoms with van der Waals surface area (Å²) in [6.07, 6.45) is -5.88. The molecule has 0 fully saturated rings. The highest BCUT2D eigenvalue weighted by atomic mass is 19.4. The molecule has 0 spiro atoms. The quantitative estimate of drug-likeness (QED) is 0.658. The van der Waals surface area contributed by atoms with Crippen molar-refractivity contribution < 1.29 is 28.0 Å². The number of aliphatic carboxylic acids is 1. The smallest absolute Gasteiger partial charge is 0.423 e. The molecule has 0 aliphatic rings. The van der Waals surface area contributed by atoms with Crippen molar-refractivity contribution in [2.24, 2.45) is 0 Å². The first-order valence-corrected chi connectivity index (χ1v) is 4.28. The van der Waals surface area contributed by atoms with Gasteiger partial charge >= 0.3 is 12.1 Å². The molecule has 1 aromatic carbocycles. The van der Waals surface area contributed by atoms with Gasteiger partial charge in [0.1, 0.15) is 5.56 Å². The van der Waals surface area contributed by atoms with Crippen molar-refractivity contribution in [3.8, 4) is 0 Å². The summed E-state index contributed by atoms with van der Waals surface area (Å²) in [5.41, 5.74) is -3.28. The minimum atomic E-state index is -4.96. The number of alkyl halides is 3. The summed E-state index contributed by atoms with van der Waals surface area (Å²) in [6.45, 7) is 0. The Morgan fingerprint density at radius 2 is 2.00 bits per heavy atom. The summed E-state index contributed by atoms with van der Waals surface area (Å²) < 4.78 is 37.9. The second-order valence-corrected chi connectivity index (χ2v) is 3.14. The van der Waals surface area contributed by atoms with E-state index in [2.05, 4.69) is 0 Å². The average molecular weight is 249 g/mol. The molecule has 0 saturated heterocycles. The van der Waals surface area contributed by atoms with Crippen molar-refractivity contribution in [2.75, 3.05) is 0 Å². The minimum Gasteiger partial charge on any atom is -0.481 e. The van der Waals surface area contributed by atoms with Gasteiger partial charge in [-0.2, -0.15) is 13.2 Å². The maximum absolute atomic E-state index is 12.6. The van der Waals surface area contributed by atoms with E-state index in [0.29, 0.717) is 6.07 Å². The largest absolute Gasteiger partial charge is 0.481 e. The number of rotatable bonds is 3. The van der Waals surface area contributed by atoms with E-state index in [-0.39, 0.29) is 0 Å². The number of nitro benzene ring substituents is 1. The summed E-state index contributed by atoms with van der Waals surface area (Å²) in [6, 6.07) is 2.61. The molecule has 1 rings (SSSR count). The highest BCUT2D eigenvalue weighted by Gasteiger charge is 2.40. The van der Waals surface area contributed by atoms with Gasteiger partial charge in [-0.25, -0.2) is 0 Å². The van der Waals surface area contributed by atoms with E-state index >= 15 is 0 Å². The van der Waals surface area contributed by atoms with Crippen molar-refractivity contribution in [1.29, 1.82) is 0 Å². The predicted octanol–water partition coefficient (Wildman–Crippen LogP) is 2.24. The van der Waals surface area contributed by atoms with Crippen LogP contribution in [0, 0.1) is 10.1 Å². The van der Waals surface area contributed by atoms with Crippen LogP contribution in [0.15, 0.2) is 18.2 Å². The van der Waals surface area contributed by atoms with E-state index in [1.807, 2.05) is 0 Å². The number of halogens is 3. The zero-order valence-electron chi connectivity index (χ0n) is 8.19. The molecular formula is C9H6F3NO4. The van der Waals surface area contributed by atoms with Crippen LogP contribution in [0.2, 0.25) is 0 Å². The summed E-state index contributed by atoms with van der Waals surface area (Å²) in [5.74, 6) is -1.49. The molecule has 1 aromatic rings. The lowest BCUT2D eigenvalue weighted by Gasteiger charge is -2.11. The predicted molar refractivity (Wildman–Crippen MR) is 49.4 cm³/mol. The molecule has 0 atom stereocenters. The summed E-state index contributed by atoms with van der Waals surface area (Å²) >= 11 is 0. The molecule has 17 heavy (non-hydrogen) atoms. The number of carboxylic acids is 1. The van der Waals surface area contributed by atoms with Gasteiger partial charge in [0.05, 0.1) is 11.3 Å². The molecule has 0 saturated carbocycles. The van der Waals surface area contributed by atoms with Crippen molar-refractivity contribution >= 4 is 11.7 Å². The van der Waals surface area contributed by atoms with Crippen LogP contribution < -0.4 is 0 Å². The topological polar surface area (TPSA) is 80.4 Å². The van der Waals surface area contributed by atoms with Crippen molar-refractivity contribution in [3.63, 3.8) is 0 Å². The first-order chi connectivity index (χ1) is 7.73. The molecule has 0 aliphatic carbocycles. The van der Waals surface area contributed by atoms with Crippen LogP contribution in [0.4, 0.5) is 18.9 Å². The van der Waals surface area contributed by atoms with Crippen LogP contribution >= 0.6 is 0 Å². The molecule has 5 nitrogen and oxygen atoms in total. The number of carbonyl (C=O) groups is 1. The number of benzene rings is 1. The van der Waals surface area contributed by atoms with Gasteiger partial charge < -0.3 is 5.11 Å². The molecule has 0 aliphatic heterocycles. The fraction of sp³-hybridized carbons (Fsp3) is 0.222. The van der Waals surface area contributed by atoms with Gasteiger partial charge in [0.15, 0.2) is 0 Å². The molecule has 0 amide bonds. The number of nitro groups is 1. The Morgan fingerprint density at radius 1 is 1.41 bits per heavy atom. The molecule has 92 valence electrons. The van der Waals surface area contributed by atoms with Crippen molar-refractivity contribution in [2.45, 2.75) is 12.6 Å². The molecule has 0 bridgehead atoms. The summed E-state index contributed by atoms with van der Waals surface area (Å²) in [4.78, 5) is 19.7. The fourth-order valence-electron chi connectivity index (χ4n) is 1.38. The fourth-order valence-corrected chi connectivity index (χ4v) is 1.38. The second kappa shape index (κ2) is 4.40. The second-order valence-electron chi connectivity index (χ2n) is 3.14. The van der Waals surface area contributed by atoms with Gasteiger partial charge in [0, 0.05) is 6.07 Å². The van der Waals surface area contributed by atoms with Gasteiger partial charge in [-0.3, -0.25) is 14.9 Å². The Bertz CT molecular complexity index is 470. The highest BCUT2D eigenvalue weighted by molar-refractivity contribution is 5.71. The van der Waals surface area contributed by atoms with Crippen molar-refractivity contribution in [1.82, 2.24) is 0 Å². The van der Waals surface area contributed by atoms with E-state index in [4.69, 9.17) is 5.11 Å². The molecule has 0 unspecified atom stereocenters. The molecule has 8 heteroatoms. The van der Waals surface area contributed by atoms with Crippen LogP contribution in [0.1, 0.15) is 11.1 Å². The lowest BCUT2D eigenvalue weighted by molar-refractivity contribution is -0.388. The van der Waals surface area contributed by atoms with E-state index in [1.165, 1.54) is 0 Å². The van der Waals surface area contributed by atoms with E-state index in [1.54, 1.807) is 0 Å². The Morgan fingerprint density at radius 3 is 2.41 bits per heavy atom. The third kappa shape index (κ3) is 2.92. The van der Waals surface area contributed by atoms with E-state index in [9.17, 15) is 28.1 Å². The average Bonchev–Trinajstić information content (AvgIpc) is 2.14. The molecule has 0 radical (unpaired) electrons. The molecule has 1 N–H and O–H groups in total. The number of hydrogen-bond acceptors (Lipinski definition) is 3.